The number of rotatable bonds is 11. The number of nitrogens with zero attached hydrogens (tertiary/aromatic N) is 3. The third kappa shape index (κ3) is 6.90. The molecule has 0 radical (unpaired) electrons. The van der Waals surface area contributed by atoms with Gasteiger partial charge >= 0.3 is 5.97 Å². The first kappa shape index (κ1) is 21.3. The Kier molecular flexibility index (Phi) is 7.80. The topological polar surface area (TPSA) is 65.9 Å². The quantitative estimate of drug-likeness (QED) is 0.525. The van der Waals surface area contributed by atoms with Crippen molar-refractivity contribution in [2.75, 3.05) is 31.6 Å². The molecule has 1 N–H and O–H groups in total. The minimum Gasteiger partial charge on any atom is -0.492 e. The predicted molar refractivity (Wildman–Crippen MR) is 118 cm³/mol. The molecule has 30 heavy (non-hydrogen) atoms. The molecular formula is C24H27N3O3. The van der Waals surface area contributed by atoms with Crippen LogP contribution < -0.4 is 9.64 Å². The maximum Gasteiger partial charge on any atom is 0.317 e. The van der Waals surface area contributed by atoms with E-state index in [4.69, 9.17) is 4.74 Å². The highest BCUT2D eigenvalue weighted by Crippen LogP contribution is 2.16. The average molecular weight is 405 g/mol. The molecule has 0 spiro atoms. The third-order valence-electron chi connectivity index (χ3n) is 4.67. The van der Waals surface area contributed by atoms with Gasteiger partial charge in [0, 0.05) is 26.3 Å². The zero-order valence-corrected chi connectivity index (χ0v) is 17.1. The summed E-state index contributed by atoms with van der Waals surface area (Å²) < 4.78 is 5.84. The maximum absolute atomic E-state index is 11.2. The lowest BCUT2D eigenvalue weighted by molar-refractivity contribution is -0.138. The Morgan fingerprint density at radius 3 is 2.23 bits per heavy atom. The fourth-order valence-corrected chi connectivity index (χ4v) is 3.14. The van der Waals surface area contributed by atoms with Crippen LogP contribution in [-0.4, -0.2) is 47.7 Å². The Balaban J connectivity index is 1.51. The number of carboxylic acid groups (broad SMARTS) is 1. The molecule has 0 fully saturated rings. The SMILES string of the molecule is CN(CCOc1ccc(CN(CC(=O)O)Cc2ccccc2)cc1)c1ccccn1. The van der Waals surface area contributed by atoms with Crippen LogP contribution in [0.25, 0.3) is 0 Å². The Labute approximate surface area is 177 Å². The molecular weight excluding hydrogens is 378 g/mol. The number of carboxylic acids is 1. The fraction of sp³-hybridized carbons (Fsp3) is 0.250. The summed E-state index contributed by atoms with van der Waals surface area (Å²) in [6.45, 7) is 2.41. The zero-order valence-electron chi connectivity index (χ0n) is 17.1. The first-order valence-electron chi connectivity index (χ1n) is 9.92. The van der Waals surface area contributed by atoms with Gasteiger partial charge in [0.2, 0.25) is 0 Å². The van der Waals surface area contributed by atoms with Crippen LogP contribution in [0, 0.1) is 0 Å². The molecule has 0 amide bonds. The highest BCUT2D eigenvalue weighted by molar-refractivity contribution is 5.69. The Morgan fingerprint density at radius 2 is 1.60 bits per heavy atom. The van der Waals surface area contributed by atoms with Gasteiger partial charge in [0.1, 0.15) is 18.2 Å². The van der Waals surface area contributed by atoms with Crippen molar-refractivity contribution in [1.29, 1.82) is 0 Å². The van der Waals surface area contributed by atoms with Gasteiger partial charge in [-0.3, -0.25) is 9.69 Å². The van der Waals surface area contributed by atoms with Gasteiger partial charge in [0.15, 0.2) is 0 Å². The highest BCUT2D eigenvalue weighted by atomic mass is 16.5. The molecule has 3 rings (SSSR count). The molecule has 0 aliphatic carbocycles. The molecule has 2 aromatic carbocycles. The standard InChI is InChI=1S/C24H27N3O3/c1-26(23-9-5-6-14-25-23)15-16-30-22-12-10-21(11-13-22)18-27(19-24(28)29)17-20-7-3-2-4-8-20/h2-14H,15-19H2,1H3,(H,28,29). The number of aromatic nitrogens is 1. The van der Waals surface area contributed by atoms with Crippen LogP contribution >= 0.6 is 0 Å². The van der Waals surface area contributed by atoms with Crippen molar-refractivity contribution in [3.05, 3.63) is 90.1 Å². The summed E-state index contributed by atoms with van der Waals surface area (Å²) in [5, 5.41) is 9.24. The van der Waals surface area contributed by atoms with Gasteiger partial charge in [0.05, 0.1) is 13.1 Å². The van der Waals surface area contributed by atoms with Crippen LogP contribution in [0.2, 0.25) is 0 Å². The second kappa shape index (κ2) is 11.0. The van der Waals surface area contributed by atoms with Crippen molar-refractivity contribution in [1.82, 2.24) is 9.88 Å². The van der Waals surface area contributed by atoms with E-state index >= 15 is 0 Å². The lowest BCUT2D eigenvalue weighted by Crippen LogP contribution is -2.28. The molecule has 6 heteroatoms. The summed E-state index contributed by atoms with van der Waals surface area (Å²) in [6.07, 6.45) is 1.77. The number of hydrogen-bond acceptors (Lipinski definition) is 5. The monoisotopic (exact) mass is 405 g/mol. The number of hydrogen-bond donors (Lipinski definition) is 1. The first-order chi connectivity index (χ1) is 14.6. The summed E-state index contributed by atoms with van der Waals surface area (Å²) in [6, 6.07) is 23.5. The molecule has 0 saturated heterocycles. The van der Waals surface area contributed by atoms with E-state index in [1.165, 1.54) is 0 Å². The Hall–Kier alpha value is -3.38. The summed E-state index contributed by atoms with van der Waals surface area (Å²) >= 11 is 0. The predicted octanol–water partition coefficient (Wildman–Crippen LogP) is 3.68. The van der Waals surface area contributed by atoms with Crippen LogP contribution in [0.1, 0.15) is 11.1 Å². The minimum atomic E-state index is -0.831. The number of pyridine rings is 1. The highest BCUT2D eigenvalue weighted by Gasteiger charge is 2.11. The van der Waals surface area contributed by atoms with Gasteiger partial charge in [-0.1, -0.05) is 48.5 Å². The van der Waals surface area contributed by atoms with Gasteiger partial charge in [-0.2, -0.15) is 0 Å². The van der Waals surface area contributed by atoms with E-state index in [9.17, 15) is 9.90 Å². The molecule has 0 atom stereocenters. The van der Waals surface area contributed by atoms with Gasteiger partial charge in [-0.05, 0) is 35.4 Å². The van der Waals surface area contributed by atoms with Crippen LogP contribution in [0.3, 0.4) is 0 Å². The van der Waals surface area contributed by atoms with Crippen LogP contribution in [0.15, 0.2) is 79.0 Å². The van der Waals surface area contributed by atoms with Crippen LogP contribution in [-0.2, 0) is 17.9 Å². The van der Waals surface area contributed by atoms with Gasteiger partial charge in [-0.25, -0.2) is 4.98 Å². The summed E-state index contributed by atoms with van der Waals surface area (Å²) in [5.74, 6) is 0.873. The van der Waals surface area contributed by atoms with Gasteiger partial charge in [0.25, 0.3) is 0 Å². The lowest BCUT2D eigenvalue weighted by atomic mass is 10.1. The van der Waals surface area contributed by atoms with Gasteiger partial charge < -0.3 is 14.7 Å². The van der Waals surface area contributed by atoms with Crippen LogP contribution in [0.5, 0.6) is 5.75 Å². The van der Waals surface area contributed by atoms with Crippen molar-refractivity contribution in [3.63, 3.8) is 0 Å². The number of benzene rings is 2. The van der Waals surface area contributed by atoms with E-state index in [1.54, 1.807) is 6.20 Å². The first-order valence-corrected chi connectivity index (χ1v) is 9.92. The Bertz CT molecular complexity index is 902. The fourth-order valence-electron chi connectivity index (χ4n) is 3.14. The molecule has 1 aromatic heterocycles. The molecule has 1 heterocycles. The Morgan fingerprint density at radius 1 is 0.933 bits per heavy atom. The van der Waals surface area contributed by atoms with E-state index in [-0.39, 0.29) is 6.54 Å². The zero-order chi connectivity index (χ0) is 21.2. The smallest absolute Gasteiger partial charge is 0.317 e. The maximum atomic E-state index is 11.2. The van der Waals surface area contributed by atoms with E-state index in [2.05, 4.69) is 4.98 Å². The molecule has 0 unspecified atom stereocenters. The van der Waals surface area contributed by atoms with E-state index in [0.29, 0.717) is 19.7 Å². The summed E-state index contributed by atoms with van der Waals surface area (Å²) in [5.41, 5.74) is 2.14. The van der Waals surface area contributed by atoms with E-state index in [0.717, 1.165) is 29.2 Å². The number of carbonyl (C=O) groups is 1. The second-order valence-corrected chi connectivity index (χ2v) is 7.13. The molecule has 0 aliphatic heterocycles. The van der Waals surface area contributed by atoms with Crippen molar-refractivity contribution >= 4 is 11.8 Å². The number of likely N-dealkylation sites (N-methyl/N-ethyl adjacent to an activating group) is 1. The number of aliphatic carboxylic acids is 1. The lowest BCUT2D eigenvalue weighted by Gasteiger charge is -2.21. The van der Waals surface area contributed by atoms with Crippen molar-refractivity contribution in [3.8, 4) is 5.75 Å². The molecule has 156 valence electrons. The van der Waals surface area contributed by atoms with Crippen molar-refractivity contribution < 1.29 is 14.6 Å². The molecule has 0 aliphatic rings. The van der Waals surface area contributed by atoms with E-state index in [1.807, 2.05) is 89.6 Å². The molecule has 3 aromatic rings. The summed E-state index contributed by atoms with van der Waals surface area (Å²) in [4.78, 5) is 19.5. The van der Waals surface area contributed by atoms with E-state index < -0.39 is 5.97 Å². The third-order valence-corrected chi connectivity index (χ3v) is 4.67. The number of anilines is 1. The summed E-state index contributed by atoms with van der Waals surface area (Å²) in [7, 11) is 1.98. The van der Waals surface area contributed by atoms with Crippen LogP contribution in [0.4, 0.5) is 5.82 Å². The van der Waals surface area contributed by atoms with Gasteiger partial charge in [-0.15, -0.1) is 0 Å². The van der Waals surface area contributed by atoms with Crippen molar-refractivity contribution in [2.24, 2.45) is 0 Å². The molecule has 0 bridgehead atoms. The van der Waals surface area contributed by atoms with Crippen molar-refractivity contribution in [2.45, 2.75) is 13.1 Å². The molecule has 6 nitrogen and oxygen atoms in total. The molecule has 0 saturated carbocycles. The average Bonchev–Trinajstić information content (AvgIpc) is 2.76. The second-order valence-electron chi connectivity index (χ2n) is 7.13. The number of ether oxygens (including phenoxy) is 1. The normalized spacial score (nSPS) is 10.7. The largest absolute Gasteiger partial charge is 0.492 e. The minimum absolute atomic E-state index is 0.00694.